The zero-order chi connectivity index (χ0) is 16.7. The maximum Gasteiger partial charge on any atom is 0.507 e. The third-order valence-corrected chi connectivity index (χ3v) is 3.27. The third-order valence-electron chi connectivity index (χ3n) is 2.95. The first-order chi connectivity index (χ1) is 10.0. The summed E-state index contributed by atoms with van der Waals surface area (Å²) in [6.45, 7) is 0. The molecule has 22 heavy (non-hydrogen) atoms. The molecule has 1 aromatic rings. The monoisotopic (exact) mass is 343 g/mol. The molecule has 122 valence electrons. The number of aliphatic carboxylic acids is 1. The highest BCUT2D eigenvalue weighted by molar-refractivity contribution is 6.31. The minimum atomic E-state index is -4.85. The Balaban J connectivity index is 2.33. The molecule has 0 aliphatic carbocycles. The number of alkyl halides is 4. The van der Waals surface area contributed by atoms with E-state index >= 15 is 0 Å². The molecule has 1 aromatic carbocycles. The highest BCUT2D eigenvalue weighted by atomic mass is 35.5. The van der Waals surface area contributed by atoms with Gasteiger partial charge in [0.25, 0.3) is 0 Å². The second kappa shape index (κ2) is 5.47. The first kappa shape index (κ1) is 16.6. The Bertz CT molecular complexity index is 611. The van der Waals surface area contributed by atoms with Crippen LogP contribution in [-0.4, -0.2) is 23.3 Å². The van der Waals surface area contributed by atoms with Gasteiger partial charge in [0, 0.05) is 23.6 Å². The molecule has 0 fully saturated rings. The number of carboxylic acids is 1. The van der Waals surface area contributed by atoms with Crippen LogP contribution in [0.1, 0.15) is 24.4 Å². The predicted molar refractivity (Wildman–Crippen MR) is 66.4 cm³/mol. The van der Waals surface area contributed by atoms with Gasteiger partial charge in [-0.2, -0.15) is 17.6 Å². The molecule has 0 amide bonds. The Hall–Kier alpha value is -1.74. The number of carbonyl (C=O) groups is 1. The van der Waals surface area contributed by atoms with E-state index in [1.807, 2.05) is 0 Å². The van der Waals surface area contributed by atoms with Gasteiger partial charge in [-0.3, -0.25) is 4.79 Å². The fourth-order valence-electron chi connectivity index (χ4n) is 1.82. The summed E-state index contributed by atoms with van der Waals surface area (Å²) in [5, 5.41) is 8.46. The Labute approximate surface area is 126 Å². The lowest BCUT2D eigenvalue weighted by atomic mass is 10.0. The smallest absolute Gasteiger partial charge is 0.481 e. The molecule has 2 rings (SSSR count). The standard InChI is InChI=1S/C12H10ClF4NO4/c13-6-4-9-8(21-11(14,15)12(16,17)22-9)3-5(6)7(18)1-2-10(19)20/h3-4,7H,1-2,18H2,(H,19,20). The zero-order valence-corrected chi connectivity index (χ0v) is 11.5. The van der Waals surface area contributed by atoms with Crippen molar-refractivity contribution in [1.82, 2.24) is 0 Å². The number of fused-ring (bicyclic) bond motifs is 1. The number of ether oxygens (including phenoxy) is 2. The van der Waals surface area contributed by atoms with Crippen molar-refractivity contribution >= 4 is 17.6 Å². The molecule has 1 unspecified atom stereocenters. The molecular weight excluding hydrogens is 334 g/mol. The van der Waals surface area contributed by atoms with E-state index in [9.17, 15) is 22.4 Å². The van der Waals surface area contributed by atoms with Crippen LogP contribution < -0.4 is 15.2 Å². The highest BCUT2D eigenvalue weighted by Crippen LogP contribution is 2.49. The minimum absolute atomic E-state index is 0.0265. The summed E-state index contributed by atoms with van der Waals surface area (Å²) < 4.78 is 60.2. The molecule has 5 nitrogen and oxygen atoms in total. The van der Waals surface area contributed by atoms with Crippen molar-refractivity contribution < 1.29 is 36.9 Å². The van der Waals surface area contributed by atoms with Crippen molar-refractivity contribution in [3.63, 3.8) is 0 Å². The zero-order valence-electron chi connectivity index (χ0n) is 10.8. The van der Waals surface area contributed by atoms with Crippen LogP contribution in [0.15, 0.2) is 12.1 Å². The SMILES string of the molecule is NC(CCC(=O)O)c1cc2c(cc1Cl)OC(F)(F)C(F)(F)O2. The summed E-state index contributed by atoms with van der Waals surface area (Å²) in [4.78, 5) is 10.5. The number of benzene rings is 1. The van der Waals surface area contributed by atoms with Crippen LogP contribution in [0.3, 0.4) is 0 Å². The van der Waals surface area contributed by atoms with E-state index in [-0.39, 0.29) is 23.4 Å². The van der Waals surface area contributed by atoms with E-state index in [1.165, 1.54) is 0 Å². The maximum atomic E-state index is 13.1. The molecular formula is C12H10ClF4NO4. The maximum absolute atomic E-state index is 13.1. The summed E-state index contributed by atoms with van der Waals surface area (Å²) in [6, 6.07) is 0.914. The molecule has 0 spiro atoms. The van der Waals surface area contributed by atoms with E-state index in [4.69, 9.17) is 22.4 Å². The molecule has 3 N–H and O–H groups in total. The topological polar surface area (TPSA) is 81.8 Å². The van der Waals surface area contributed by atoms with Crippen LogP contribution in [0, 0.1) is 0 Å². The molecule has 1 aliphatic heterocycles. The largest absolute Gasteiger partial charge is 0.507 e. The van der Waals surface area contributed by atoms with Crippen molar-refractivity contribution in [3.8, 4) is 11.5 Å². The van der Waals surface area contributed by atoms with E-state index in [2.05, 4.69) is 9.47 Å². The molecule has 1 atom stereocenters. The number of nitrogens with two attached hydrogens (primary N) is 1. The van der Waals surface area contributed by atoms with Crippen molar-refractivity contribution in [2.24, 2.45) is 5.73 Å². The van der Waals surface area contributed by atoms with Gasteiger partial charge in [0.15, 0.2) is 11.5 Å². The summed E-state index contributed by atoms with van der Waals surface area (Å²) in [5.74, 6) is -2.41. The van der Waals surface area contributed by atoms with Crippen LogP contribution in [0.25, 0.3) is 0 Å². The summed E-state index contributed by atoms with van der Waals surface area (Å²) in [5.41, 5.74) is 5.81. The Morgan fingerprint density at radius 3 is 2.23 bits per heavy atom. The highest BCUT2D eigenvalue weighted by Gasteiger charge is 2.66. The Morgan fingerprint density at radius 2 is 1.73 bits per heavy atom. The lowest BCUT2D eigenvalue weighted by Gasteiger charge is -2.32. The lowest BCUT2D eigenvalue weighted by molar-refractivity contribution is -0.391. The number of carboxylic acid groups (broad SMARTS) is 1. The molecule has 0 saturated carbocycles. The molecule has 10 heteroatoms. The molecule has 0 aromatic heterocycles. The van der Waals surface area contributed by atoms with Gasteiger partial charge in [-0.25, -0.2) is 0 Å². The number of hydrogen-bond acceptors (Lipinski definition) is 4. The molecule has 1 heterocycles. The van der Waals surface area contributed by atoms with Crippen molar-refractivity contribution in [3.05, 3.63) is 22.7 Å². The fourth-order valence-corrected chi connectivity index (χ4v) is 2.12. The predicted octanol–water partition coefficient (Wildman–Crippen LogP) is 3.16. The van der Waals surface area contributed by atoms with E-state index in [0.717, 1.165) is 12.1 Å². The normalized spacial score (nSPS) is 19.5. The van der Waals surface area contributed by atoms with Gasteiger partial charge in [-0.15, -0.1) is 0 Å². The van der Waals surface area contributed by atoms with Crippen molar-refractivity contribution in [1.29, 1.82) is 0 Å². The van der Waals surface area contributed by atoms with Gasteiger partial charge in [-0.1, -0.05) is 11.6 Å². The van der Waals surface area contributed by atoms with Crippen molar-refractivity contribution in [2.45, 2.75) is 31.1 Å². The van der Waals surface area contributed by atoms with Crippen LogP contribution >= 0.6 is 11.6 Å². The van der Waals surface area contributed by atoms with Gasteiger partial charge in [0.05, 0.1) is 0 Å². The molecule has 0 radical (unpaired) electrons. The lowest BCUT2D eigenvalue weighted by Crippen LogP contribution is -2.52. The van der Waals surface area contributed by atoms with Gasteiger partial charge in [0.2, 0.25) is 0 Å². The first-order valence-electron chi connectivity index (χ1n) is 5.98. The van der Waals surface area contributed by atoms with Crippen molar-refractivity contribution in [2.75, 3.05) is 0 Å². The Kier molecular flexibility index (Phi) is 4.14. The summed E-state index contributed by atoms with van der Waals surface area (Å²) in [7, 11) is 0. The second-order valence-electron chi connectivity index (χ2n) is 4.60. The Morgan fingerprint density at radius 1 is 1.23 bits per heavy atom. The van der Waals surface area contributed by atoms with Gasteiger partial charge in [0.1, 0.15) is 0 Å². The van der Waals surface area contributed by atoms with Gasteiger partial charge >= 0.3 is 18.2 Å². The average molecular weight is 344 g/mol. The number of rotatable bonds is 4. The first-order valence-corrected chi connectivity index (χ1v) is 6.36. The average Bonchev–Trinajstić information content (AvgIpc) is 2.36. The molecule has 0 saturated heterocycles. The van der Waals surface area contributed by atoms with Crippen LogP contribution in [0.5, 0.6) is 11.5 Å². The van der Waals surface area contributed by atoms with Gasteiger partial charge in [-0.05, 0) is 18.1 Å². The summed E-state index contributed by atoms with van der Waals surface area (Å²) in [6.07, 6.45) is -9.99. The van der Waals surface area contributed by atoms with E-state index in [1.54, 1.807) is 0 Å². The second-order valence-corrected chi connectivity index (χ2v) is 5.00. The van der Waals surface area contributed by atoms with E-state index < -0.39 is 35.7 Å². The number of hydrogen-bond donors (Lipinski definition) is 2. The molecule has 0 bridgehead atoms. The quantitative estimate of drug-likeness (QED) is 0.821. The van der Waals surface area contributed by atoms with Crippen LogP contribution in [0.4, 0.5) is 17.6 Å². The van der Waals surface area contributed by atoms with E-state index in [0.29, 0.717) is 0 Å². The van der Waals surface area contributed by atoms with Crippen LogP contribution in [-0.2, 0) is 4.79 Å². The minimum Gasteiger partial charge on any atom is -0.481 e. The van der Waals surface area contributed by atoms with Crippen LogP contribution in [0.2, 0.25) is 5.02 Å². The summed E-state index contributed by atoms with van der Waals surface area (Å²) >= 11 is 5.84. The third kappa shape index (κ3) is 3.05. The fraction of sp³-hybridized carbons (Fsp3) is 0.417. The number of halogens is 5. The molecule has 1 aliphatic rings. The van der Waals surface area contributed by atoms with Gasteiger partial charge < -0.3 is 20.3 Å².